The molecular weight excluding hydrogens is 391 g/mol. The van der Waals surface area contributed by atoms with Crippen molar-refractivity contribution in [3.05, 3.63) is 52.5 Å². The molecule has 1 saturated heterocycles. The first-order chi connectivity index (χ1) is 12.7. The van der Waals surface area contributed by atoms with Crippen molar-refractivity contribution in [1.29, 1.82) is 0 Å². The number of likely N-dealkylation sites (tertiary alicyclic amines) is 1. The van der Waals surface area contributed by atoms with Gasteiger partial charge in [-0.1, -0.05) is 12.1 Å². The van der Waals surface area contributed by atoms with E-state index in [0.717, 1.165) is 17.0 Å². The summed E-state index contributed by atoms with van der Waals surface area (Å²) >= 11 is 1.56. The number of nitrogens with zero attached hydrogens (tertiary/aromatic N) is 1. The molecule has 1 unspecified atom stereocenters. The summed E-state index contributed by atoms with van der Waals surface area (Å²) in [4.78, 5) is 27.2. The SMILES string of the molecule is CC1(C(=O)NS(=O)(=O)c2cccc(F)c2)CCN1C(=O)CCc1cccs1. The van der Waals surface area contributed by atoms with Crippen molar-refractivity contribution in [2.45, 2.75) is 36.6 Å². The van der Waals surface area contributed by atoms with Crippen LogP contribution in [0.2, 0.25) is 0 Å². The van der Waals surface area contributed by atoms with E-state index in [4.69, 9.17) is 0 Å². The van der Waals surface area contributed by atoms with Crippen molar-refractivity contribution in [1.82, 2.24) is 9.62 Å². The van der Waals surface area contributed by atoms with Crippen LogP contribution in [0.5, 0.6) is 0 Å². The van der Waals surface area contributed by atoms with Gasteiger partial charge in [-0.2, -0.15) is 0 Å². The van der Waals surface area contributed by atoms with Gasteiger partial charge in [-0.25, -0.2) is 17.5 Å². The Labute approximate surface area is 161 Å². The van der Waals surface area contributed by atoms with E-state index in [1.54, 1.807) is 11.3 Å². The summed E-state index contributed by atoms with van der Waals surface area (Å²) in [5.41, 5.74) is -1.23. The van der Waals surface area contributed by atoms with Crippen LogP contribution in [0.15, 0.2) is 46.7 Å². The fourth-order valence-corrected chi connectivity index (χ4v) is 4.76. The maximum Gasteiger partial charge on any atom is 0.264 e. The lowest BCUT2D eigenvalue weighted by molar-refractivity contribution is -0.156. The monoisotopic (exact) mass is 410 g/mol. The van der Waals surface area contributed by atoms with Crippen LogP contribution in [0.1, 0.15) is 24.6 Å². The van der Waals surface area contributed by atoms with Crippen molar-refractivity contribution >= 4 is 33.2 Å². The summed E-state index contributed by atoms with van der Waals surface area (Å²) in [6, 6.07) is 8.24. The van der Waals surface area contributed by atoms with Gasteiger partial charge in [-0.05, 0) is 49.4 Å². The fraction of sp³-hybridized carbons (Fsp3) is 0.333. The van der Waals surface area contributed by atoms with Crippen LogP contribution < -0.4 is 4.72 Å². The Balaban J connectivity index is 1.67. The first-order valence-corrected chi connectivity index (χ1v) is 10.7. The number of amides is 2. The van der Waals surface area contributed by atoms with Crippen molar-refractivity contribution in [2.75, 3.05) is 6.54 Å². The zero-order valence-corrected chi connectivity index (χ0v) is 16.3. The molecule has 1 aromatic carbocycles. The number of nitrogens with one attached hydrogen (secondary N) is 1. The summed E-state index contributed by atoms with van der Waals surface area (Å²) in [7, 11) is -4.21. The lowest BCUT2D eigenvalue weighted by Gasteiger charge is -2.49. The predicted octanol–water partition coefficient (Wildman–Crippen LogP) is 2.32. The number of carbonyl (C=O) groups excluding carboxylic acids is 2. The predicted molar refractivity (Wildman–Crippen MR) is 99.1 cm³/mol. The van der Waals surface area contributed by atoms with Crippen LogP contribution in [0, 0.1) is 5.82 Å². The van der Waals surface area contributed by atoms with E-state index in [1.165, 1.54) is 24.0 Å². The molecule has 2 amide bonds. The van der Waals surface area contributed by atoms with Crippen LogP contribution in [-0.4, -0.2) is 37.2 Å². The molecule has 1 atom stereocenters. The summed E-state index contributed by atoms with van der Waals surface area (Å²) < 4.78 is 39.9. The number of sulfonamides is 1. The van der Waals surface area contributed by atoms with E-state index < -0.39 is 27.3 Å². The molecule has 1 aliphatic rings. The number of carbonyl (C=O) groups is 2. The van der Waals surface area contributed by atoms with E-state index in [0.29, 0.717) is 19.4 Å². The van der Waals surface area contributed by atoms with E-state index in [-0.39, 0.29) is 17.2 Å². The normalized spacial score (nSPS) is 19.4. The van der Waals surface area contributed by atoms with E-state index in [1.807, 2.05) is 22.2 Å². The second kappa shape index (κ2) is 7.40. The van der Waals surface area contributed by atoms with Gasteiger partial charge in [0.05, 0.1) is 4.90 Å². The summed E-state index contributed by atoms with van der Waals surface area (Å²) in [5, 5.41) is 1.93. The van der Waals surface area contributed by atoms with Crippen molar-refractivity contribution in [3.8, 4) is 0 Å². The molecule has 1 N–H and O–H groups in total. The number of thiophene rings is 1. The molecule has 0 bridgehead atoms. The lowest BCUT2D eigenvalue weighted by atomic mass is 9.85. The quantitative estimate of drug-likeness (QED) is 0.792. The maximum absolute atomic E-state index is 13.3. The number of aryl methyl sites for hydroxylation is 1. The molecular formula is C18H19FN2O4S2. The molecule has 0 aliphatic carbocycles. The molecule has 0 spiro atoms. The number of halogens is 1. The molecule has 27 heavy (non-hydrogen) atoms. The smallest absolute Gasteiger partial charge is 0.264 e. The molecule has 0 radical (unpaired) electrons. The van der Waals surface area contributed by atoms with E-state index >= 15 is 0 Å². The van der Waals surface area contributed by atoms with Crippen molar-refractivity contribution < 1.29 is 22.4 Å². The number of hydrogen-bond acceptors (Lipinski definition) is 5. The van der Waals surface area contributed by atoms with Gasteiger partial charge >= 0.3 is 0 Å². The van der Waals surface area contributed by atoms with Crippen molar-refractivity contribution in [2.24, 2.45) is 0 Å². The lowest BCUT2D eigenvalue weighted by Crippen LogP contribution is -2.67. The zero-order chi connectivity index (χ0) is 19.7. The second-order valence-electron chi connectivity index (χ2n) is 6.54. The maximum atomic E-state index is 13.3. The first-order valence-electron chi connectivity index (χ1n) is 8.38. The Morgan fingerprint density at radius 2 is 2.07 bits per heavy atom. The van der Waals surface area contributed by atoms with Crippen LogP contribution in [0.4, 0.5) is 4.39 Å². The molecule has 1 aromatic heterocycles. The van der Waals surface area contributed by atoms with Crippen molar-refractivity contribution in [3.63, 3.8) is 0 Å². The van der Waals surface area contributed by atoms with E-state index in [9.17, 15) is 22.4 Å². The molecule has 2 heterocycles. The Morgan fingerprint density at radius 1 is 1.30 bits per heavy atom. The average Bonchev–Trinajstić information content (AvgIpc) is 3.11. The van der Waals surface area contributed by atoms with Gasteiger partial charge in [0, 0.05) is 17.8 Å². The van der Waals surface area contributed by atoms with E-state index in [2.05, 4.69) is 0 Å². The van der Waals surface area contributed by atoms with Gasteiger partial charge < -0.3 is 4.90 Å². The number of hydrogen-bond donors (Lipinski definition) is 1. The standard InChI is InChI=1S/C18H19FN2O4S2/c1-18(9-10-21(18)16(22)8-7-14-5-3-11-26-14)17(23)20-27(24,25)15-6-2-4-13(19)12-15/h2-6,11-12H,7-10H2,1H3,(H,20,23). The van der Waals surface area contributed by atoms with Gasteiger partial charge in [-0.15, -0.1) is 11.3 Å². The van der Waals surface area contributed by atoms with Gasteiger partial charge in [0.2, 0.25) is 5.91 Å². The highest BCUT2D eigenvalue weighted by Gasteiger charge is 2.50. The Kier molecular flexibility index (Phi) is 5.34. The highest BCUT2D eigenvalue weighted by molar-refractivity contribution is 7.90. The highest BCUT2D eigenvalue weighted by atomic mass is 32.2. The fourth-order valence-electron chi connectivity index (χ4n) is 2.94. The first kappa shape index (κ1) is 19.5. The van der Waals surface area contributed by atoms with Gasteiger partial charge in [0.1, 0.15) is 11.4 Å². The summed E-state index contributed by atoms with van der Waals surface area (Å²) in [6.07, 6.45) is 1.19. The average molecular weight is 410 g/mol. The molecule has 1 aliphatic heterocycles. The molecule has 1 fully saturated rings. The minimum Gasteiger partial charge on any atom is -0.328 e. The molecule has 0 saturated carbocycles. The summed E-state index contributed by atoms with van der Waals surface area (Å²) in [6.45, 7) is 1.93. The third-order valence-corrected chi connectivity index (χ3v) is 6.97. The Hall–Kier alpha value is -2.26. The van der Waals surface area contributed by atoms with Gasteiger partial charge in [0.15, 0.2) is 0 Å². The highest BCUT2D eigenvalue weighted by Crippen LogP contribution is 2.32. The third kappa shape index (κ3) is 4.03. The number of rotatable bonds is 6. The molecule has 144 valence electrons. The Bertz CT molecular complexity index is 960. The molecule has 2 aromatic rings. The van der Waals surface area contributed by atoms with Gasteiger partial charge in [0.25, 0.3) is 15.9 Å². The summed E-state index contributed by atoms with van der Waals surface area (Å²) in [5.74, 6) is -1.71. The topological polar surface area (TPSA) is 83.6 Å². The molecule has 6 nitrogen and oxygen atoms in total. The van der Waals surface area contributed by atoms with Gasteiger partial charge in [-0.3, -0.25) is 9.59 Å². The minimum atomic E-state index is -4.21. The van der Waals surface area contributed by atoms with Crippen LogP contribution in [0.25, 0.3) is 0 Å². The molecule has 3 rings (SSSR count). The largest absolute Gasteiger partial charge is 0.328 e. The van der Waals surface area contributed by atoms with Crippen LogP contribution in [-0.2, 0) is 26.0 Å². The molecule has 9 heteroatoms. The third-order valence-electron chi connectivity index (χ3n) is 4.71. The minimum absolute atomic E-state index is 0.199. The zero-order valence-electron chi connectivity index (χ0n) is 14.6. The Morgan fingerprint density at radius 3 is 2.67 bits per heavy atom. The van der Waals surface area contributed by atoms with Crippen LogP contribution in [0.3, 0.4) is 0 Å². The van der Waals surface area contributed by atoms with Crippen LogP contribution >= 0.6 is 11.3 Å². The second-order valence-corrected chi connectivity index (χ2v) is 9.26. The number of benzene rings is 1.